The van der Waals surface area contributed by atoms with Gasteiger partial charge in [0.05, 0.1) is 12.7 Å². The molecule has 1 aromatic heterocycles. The number of ether oxygens (including phenoxy) is 2. The number of imide groups is 1. The van der Waals surface area contributed by atoms with Gasteiger partial charge in [-0.2, -0.15) is 0 Å². The number of carbonyl (C=O) groups is 3. The van der Waals surface area contributed by atoms with E-state index >= 15 is 0 Å². The molecule has 0 spiro atoms. The highest BCUT2D eigenvalue weighted by Crippen LogP contribution is 2.24. The van der Waals surface area contributed by atoms with Crippen molar-refractivity contribution < 1.29 is 23.9 Å². The normalized spacial score (nSPS) is 18.5. The van der Waals surface area contributed by atoms with Crippen molar-refractivity contribution in [3.8, 4) is 5.75 Å². The van der Waals surface area contributed by atoms with Gasteiger partial charge in [-0.25, -0.2) is 9.69 Å². The van der Waals surface area contributed by atoms with E-state index in [-0.39, 0.29) is 35.8 Å². The summed E-state index contributed by atoms with van der Waals surface area (Å²) in [6, 6.07) is 1.02. The Morgan fingerprint density at radius 3 is 2.48 bits per heavy atom. The number of hydrogen-bond donors (Lipinski definition) is 0. The summed E-state index contributed by atoms with van der Waals surface area (Å²) in [5, 5.41) is 0. The predicted molar refractivity (Wildman–Crippen MR) is 85.4 cm³/mol. The van der Waals surface area contributed by atoms with Crippen LogP contribution in [0.3, 0.4) is 0 Å². The molecule has 9 nitrogen and oxygen atoms in total. The summed E-state index contributed by atoms with van der Waals surface area (Å²) in [6.45, 7) is 0.576. The Labute approximate surface area is 143 Å². The third-order valence-corrected chi connectivity index (χ3v) is 4.54. The number of piperidine rings is 1. The quantitative estimate of drug-likeness (QED) is 0.760. The zero-order valence-electron chi connectivity index (χ0n) is 14.1. The summed E-state index contributed by atoms with van der Waals surface area (Å²) < 4.78 is 11.2. The van der Waals surface area contributed by atoms with Gasteiger partial charge in [0.1, 0.15) is 5.75 Å². The van der Waals surface area contributed by atoms with Crippen LogP contribution in [-0.2, 0) is 16.6 Å². The molecule has 3 rings (SSSR count). The van der Waals surface area contributed by atoms with Crippen molar-refractivity contribution in [1.29, 1.82) is 0 Å². The molecular formula is C16H19N3O6. The lowest BCUT2D eigenvalue weighted by Crippen LogP contribution is -2.48. The van der Waals surface area contributed by atoms with Gasteiger partial charge in [-0.1, -0.05) is 0 Å². The van der Waals surface area contributed by atoms with Crippen molar-refractivity contribution in [2.45, 2.75) is 18.9 Å². The van der Waals surface area contributed by atoms with Crippen LogP contribution in [-0.4, -0.2) is 65.1 Å². The van der Waals surface area contributed by atoms with E-state index in [1.165, 1.54) is 23.9 Å². The highest BCUT2D eigenvalue weighted by Gasteiger charge is 2.39. The molecule has 1 aromatic rings. The zero-order valence-corrected chi connectivity index (χ0v) is 14.1. The summed E-state index contributed by atoms with van der Waals surface area (Å²) in [6.07, 6.45) is 1.81. The second-order valence-electron chi connectivity index (χ2n) is 6.05. The van der Waals surface area contributed by atoms with E-state index in [9.17, 15) is 19.2 Å². The van der Waals surface area contributed by atoms with Crippen molar-refractivity contribution in [2.75, 3.05) is 26.8 Å². The molecule has 2 aliphatic heterocycles. The van der Waals surface area contributed by atoms with Crippen molar-refractivity contribution in [1.82, 2.24) is 14.4 Å². The largest absolute Gasteiger partial charge is 0.496 e. The Balaban J connectivity index is 1.72. The van der Waals surface area contributed by atoms with Gasteiger partial charge in [0.2, 0.25) is 0 Å². The van der Waals surface area contributed by atoms with Crippen LogP contribution in [0.25, 0.3) is 0 Å². The smallest absolute Gasteiger partial charge is 0.417 e. The van der Waals surface area contributed by atoms with Gasteiger partial charge in [-0.3, -0.25) is 14.4 Å². The molecule has 2 fully saturated rings. The fourth-order valence-corrected chi connectivity index (χ4v) is 3.16. The summed E-state index contributed by atoms with van der Waals surface area (Å²) in [7, 11) is 2.97. The number of hydrogen-bond acceptors (Lipinski definition) is 6. The molecule has 0 bridgehead atoms. The van der Waals surface area contributed by atoms with Crippen LogP contribution in [0.1, 0.15) is 23.2 Å². The molecule has 0 unspecified atom stereocenters. The van der Waals surface area contributed by atoms with E-state index in [1.54, 1.807) is 11.9 Å². The number of cyclic esters (lactones) is 1. The molecule has 3 heterocycles. The van der Waals surface area contributed by atoms with Crippen molar-refractivity contribution in [3.05, 3.63) is 28.2 Å². The first-order valence-corrected chi connectivity index (χ1v) is 7.95. The molecule has 25 heavy (non-hydrogen) atoms. The minimum atomic E-state index is -0.616. The third kappa shape index (κ3) is 3.09. The molecule has 2 saturated heterocycles. The highest BCUT2D eigenvalue weighted by molar-refractivity contribution is 5.98. The van der Waals surface area contributed by atoms with Crippen LogP contribution in [0, 0.1) is 0 Å². The standard InChI is InChI=1S/C16H19N3O6/c1-17-8-11(12(24-2)7-13(17)20)15(22)18-5-3-10(4-6-18)19-14(21)9-25-16(19)23/h7-8,10H,3-6,9H2,1-2H3. The fourth-order valence-electron chi connectivity index (χ4n) is 3.16. The molecule has 3 amide bonds. The van der Waals surface area contributed by atoms with Crippen molar-refractivity contribution in [2.24, 2.45) is 7.05 Å². The van der Waals surface area contributed by atoms with Gasteiger partial charge in [0, 0.05) is 38.4 Å². The fraction of sp³-hybridized carbons (Fsp3) is 0.500. The molecule has 0 N–H and O–H groups in total. The van der Waals surface area contributed by atoms with E-state index in [0.717, 1.165) is 4.90 Å². The molecule has 9 heteroatoms. The maximum Gasteiger partial charge on any atom is 0.417 e. The molecule has 2 aliphatic rings. The Morgan fingerprint density at radius 1 is 1.24 bits per heavy atom. The van der Waals surface area contributed by atoms with Crippen molar-refractivity contribution in [3.63, 3.8) is 0 Å². The first kappa shape index (κ1) is 17.0. The number of aromatic nitrogens is 1. The van der Waals surface area contributed by atoms with Gasteiger partial charge in [-0.15, -0.1) is 0 Å². The number of methoxy groups -OCH3 is 1. The van der Waals surface area contributed by atoms with Gasteiger partial charge in [-0.05, 0) is 12.8 Å². The third-order valence-electron chi connectivity index (χ3n) is 4.54. The number of amides is 3. The summed E-state index contributed by atoms with van der Waals surface area (Å²) >= 11 is 0. The molecule has 0 aromatic carbocycles. The second-order valence-corrected chi connectivity index (χ2v) is 6.05. The Kier molecular flexibility index (Phi) is 4.47. The average Bonchev–Trinajstić information content (AvgIpc) is 2.95. The lowest BCUT2D eigenvalue weighted by atomic mass is 10.0. The Morgan fingerprint density at radius 2 is 1.92 bits per heavy atom. The number of carbonyl (C=O) groups excluding carboxylic acids is 3. The van der Waals surface area contributed by atoms with Gasteiger partial charge in [0.25, 0.3) is 17.4 Å². The second kappa shape index (κ2) is 6.58. The lowest BCUT2D eigenvalue weighted by molar-refractivity contribution is -0.127. The Hall–Kier alpha value is -2.84. The first-order chi connectivity index (χ1) is 11.9. The minimum Gasteiger partial charge on any atom is -0.496 e. The van der Waals surface area contributed by atoms with E-state index < -0.39 is 6.09 Å². The minimum absolute atomic E-state index is 0.215. The number of rotatable bonds is 3. The van der Waals surface area contributed by atoms with E-state index in [4.69, 9.17) is 9.47 Å². The van der Waals surface area contributed by atoms with E-state index in [2.05, 4.69) is 0 Å². The molecule has 0 aliphatic carbocycles. The maximum atomic E-state index is 12.8. The number of pyridine rings is 1. The van der Waals surface area contributed by atoms with E-state index in [0.29, 0.717) is 31.5 Å². The zero-order chi connectivity index (χ0) is 18.1. The number of aryl methyl sites for hydroxylation is 1. The topological polar surface area (TPSA) is 98.2 Å². The van der Waals surface area contributed by atoms with Crippen LogP contribution >= 0.6 is 0 Å². The van der Waals surface area contributed by atoms with Gasteiger partial charge in [0.15, 0.2) is 6.61 Å². The van der Waals surface area contributed by atoms with Crippen LogP contribution in [0.15, 0.2) is 17.1 Å². The van der Waals surface area contributed by atoms with E-state index in [1.807, 2.05) is 0 Å². The summed E-state index contributed by atoms with van der Waals surface area (Å²) in [4.78, 5) is 50.6. The van der Waals surface area contributed by atoms with Crippen LogP contribution in [0.4, 0.5) is 4.79 Å². The average molecular weight is 349 g/mol. The molecule has 134 valence electrons. The van der Waals surface area contributed by atoms with Gasteiger partial charge >= 0.3 is 6.09 Å². The summed E-state index contributed by atoms with van der Waals surface area (Å²) in [5.41, 5.74) is 0.0397. The SMILES string of the molecule is COc1cc(=O)n(C)cc1C(=O)N1CCC(N2C(=O)COC2=O)CC1. The monoisotopic (exact) mass is 349 g/mol. The molecule has 0 atom stereocenters. The lowest BCUT2D eigenvalue weighted by Gasteiger charge is -2.34. The van der Waals surface area contributed by atoms with Crippen LogP contribution in [0.5, 0.6) is 5.75 Å². The number of likely N-dealkylation sites (tertiary alicyclic amines) is 1. The van der Waals surface area contributed by atoms with Crippen LogP contribution in [0.2, 0.25) is 0 Å². The van der Waals surface area contributed by atoms with Crippen LogP contribution < -0.4 is 10.3 Å². The molecule has 0 saturated carbocycles. The Bertz CT molecular complexity index is 763. The maximum absolute atomic E-state index is 12.8. The molecular weight excluding hydrogens is 330 g/mol. The van der Waals surface area contributed by atoms with Crippen molar-refractivity contribution >= 4 is 17.9 Å². The summed E-state index contributed by atoms with van der Waals surface area (Å²) in [5.74, 6) is -0.357. The molecule has 0 radical (unpaired) electrons. The van der Waals surface area contributed by atoms with Gasteiger partial charge < -0.3 is 18.9 Å². The predicted octanol–water partition coefficient (Wildman–Crippen LogP) is -0.0227. The number of nitrogens with zero attached hydrogens (tertiary/aromatic N) is 3. The first-order valence-electron chi connectivity index (χ1n) is 7.95. The highest BCUT2D eigenvalue weighted by atomic mass is 16.6.